The van der Waals surface area contributed by atoms with E-state index in [0.29, 0.717) is 17.9 Å². The highest BCUT2D eigenvalue weighted by Gasteiger charge is 2.11. The van der Waals surface area contributed by atoms with Gasteiger partial charge in [-0.1, -0.05) is 50.2 Å². The molecule has 2 aromatic carbocycles. The van der Waals surface area contributed by atoms with Crippen LogP contribution in [-0.4, -0.2) is 11.9 Å². The Kier molecular flexibility index (Phi) is 7.20. The first-order valence-electron chi connectivity index (χ1n) is 8.71. The molecule has 0 heterocycles. The number of rotatable bonds is 8. The highest BCUT2D eigenvalue weighted by atomic mass is 16.5. The van der Waals surface area contributed by atoms with Crippen molar-refractivity contribution in [2.45, 2.75) is 46.0 Å². The second-order valence-corrected chi connectivity index (χ2v) is 5.72. The molecule has 0 N–H and O–H groups in total. The lowest BCUT2D eigenvalue weighted by atomic mass is 10.1. The summed E-state index contributed by atoms with van der Waals surface area (Å²) < 4.78 is 10.8. The van der Waals surface area contributed by atoms with Crippen LogP contribution in [0.2, 0.25) is 0 Å². The number of benzene rings is 2. The molecule has 2 rings (SSSR count). The quantitative estimate of drug-likeness (QED) is 0.525. The van der Waals surface area contributed by atoms with Crippen LogP contribution in [0, 0.1) is 0 Å². The normalized spacial score (nSPS) is 10.3. The lowest BCUT2D eigenvalue weighted by molar-refractivity contribution is -0.136. The van der Waals surface area contributed by atoms with Gasteiger partial charge in [0.1, 0.15) is 11.5 Å². The van der Waals surface area contributed by atoms with Crippen LogP contribution in [-0.2, 0) is 22.4 Å². The molecule has 0 atom stereocenters. The first kappa shape index (κ1) is 18.7. The maximum absolute atomic E-state index is 11.9. The fourth-order valence-electron chi connectivity index (χ4n) is 2.52. The molecule has 0 aliphatic rings. The molecule has 0 aliphatic carbocycles. The van der Waals surface area contributed by atoms with E-state index in [4.69, 9.17) is 9.47 Å². The number of hydrogen-bond donors (Lipinski definition) is 0. The number of carbonyl (C=O) groups excluding carboxylic acids is 2. The van der Waals surface area contributed by atoms with Crippen LogP contribution in [0.1, 0.15) is 44.2 Å². The molecular formula is C21H24O4. The van der Waals surface area contributed by atoms with Crippen molar-refractivity contribution in [2.75, 3.05) is 0 Å². The molecule has 132 valence electrons. The fourth-order valence-corrected chi connectivity index (χ4v) is 2.52. The zero-order valence-corrected chi connectivity index (χ0v) is 14.8. The monoisotopic (exact) mass is 340 g/mol. The van der Waals surface area contributed by atoms with E-state index < -0.39 is 0 Å². The number of ether oxygens (including phenoxy) is 2. The molecule has 0 aliphatic heterocycles. The molecule has 4 heteroatoms. The van der Waals surface area contributed by atoms with E-state index in [9.17, 15) is 9.59 Å². The average molecular weight is 340 g/mol. The van der Waals surface area contributed by atoms with Crippen molar-refractivity contribution in [3.63, 3.8) is 0 Å². The van der Waals surface area contributed by atoms with Crippen LogP contribution in [0.4, 0.5) is 0 Å². The van der Waals surface area contributed by atoms with Crippen molar-refractivity contribution < 1.29 is 19.1 Å². The van der Waals surface area contributed by atoms with Gasteiger partial charge < -0.3 is 9.47 Å². The molecule has 0 aromatic heterocycles. The van der Waals surface area contributed by atoms with Gasteiger partial charge in [-0.3, -0.25) is 9.59 Å². The van der Waals surface area contributed by atoms with E-state index >= 15 is 0 Å². The van der Waals surface area contributed by atoms with Crippen molar-refractivity contribution in [2.24, 2.45) is 0 Å². The topological polar surface area (TPSA) is 52.6 Å². The van der Waals surface area contributed by atoms with Gasteiger partial charge in [-0.15, -0.1) is 0 Å². The van der Waals surface area contributed by atoms with Crippen molar-refractivity contribution in [3.8, 4) is 11.5 Å². The summed E-state index contributed by atoms with van der Waals surface area (Å²) in [6.45, 7) is 4.02. The van der Waals surface area contributed by atoms with E-state index in [-0.39, 0.29) is 24.8 Å². The predicted octanol–water partition coefficient (Wildman–Crippen LogP) is 4.49. The number of para-hydroxylation sites is 2. The molecule has 0 saturated carbocycles. The molecule has 0 radical (unpaired) electrons. The average Bonchev–Trinajstić information content (AvgIpc) is 2.62. The Morgan fingerprint density at radius 3 is 1.52 bits per heavy atom. The Hall–Kier alpha value is -2.62. The molecule has 0 amide bonds. The molecule has 2 aromatic rings. The van der Waals surface area contributed by atoms with Crippen molar-refractivity contribution in [1.29, 1.82) is 0 Å². The number of esters is 2. The van der Waals surface area contributed by atoms with Gasteiger partial charge in [0.05, 0.1) is 0 Å². The van der Waals surface area contributed by atoms with Crippen LogP contribution in [0.15, 0.2) is 48.5 Å². The van der Waals surface area contributed by atoms with Crippen LogP contribution in [0.5, 0.6) is 11.5 Å². The molecule has 4 nitrogen and oxygen atoms in total. The second-order valence-electron chi connectivity index (χ2n) is 5.72. The van der Waals surface area contributed by atoms with E-state index in [0.717, 1.165) is 24.0 Å². The van der Waals surface area contributed by atoms with E-state index in [1.165, 1.54) is 0 Å². The maximum atomic E-state index is 11.9. The Morgan fingerprint density at radius 1 is 0.720 bits per heavy atom. The predicted molar refractivity (Wildman–Crippen MR) is 96.8 cm³/mol. The van der Waals surface area contributed by atoms with Crippen LogP contribution >= 0.6 is 0 Å². The third kappa shape index (κ3) is 5.75. The summed E-state index contributed by atoms with van der Waals surface area (Å²) in [6.07, 6.45) is 2.37. The Balaban J connectivity index is 1.78. The minimum atomic E-state index is -0.331. The highest BCUT2D eigenvalue weighted by Crippen LogP contribution is 2.20. The molecule has 0 saturated heterocycles. The molecule has 0 spiro atoms. The lowest BCUT2D eigenvalue weighted by Crippen LogP contribution is -2.12. The number of carbonyl (C=O) groups is 2. The summed E-state index contributed by atoms with van der Waals surface area (Å²) in [5.41, 5.74) is 1.98. The SMILES string of the molecule is CCc1ccccc1OC(=O)CCCC(=O)Oc1ccccc1CC. The summed E-state index contributed by atoms with van der Waals surface area (Å²) in [7, 11) is 0. The molecule has 25 heavy (non-hydrogen) atoms. The Morgan fingerprint density at radius 2 is 1.12 bits per heavy atom. The van der Waals surface area contributed by atoms with Crippen molar-refractivity contribution >= 4 is 11.9 Å². The molecule has 0 bridgehead atoms. The van der Waals surface area contributed by atoms with E-state index in [1.54, 1.807) is 12.1 Å². The largest absolute Gasteiger partial charge is 0.426 e. The second kappa shape index (κ2) is 9.62. The van der Waals surface area contributed by atoms with Crippen LogP contribution in [0.25, 0.3) is 0 Å². The molecule has 0 unspecified atom stereocenters. The van der Waals surface area contributed by atoms with Gasteiger partial charge in [-0.05, 0) is 42.5 Å². The summed E-state index contributed by atoms with van der Waals surface area (Å²) in [6, 6.07) is 14.9. The first-order chi connectivity index (χ1) is 12.1. The van der Waals surface area contributed by atoms with Gasteiger partial charge in [0.2, 0.25) is 0 Å². The minimum absolute atomic E-state index is 0.183. The Labute approximate surface area is 148 Å². The van der Waals surface area contributed by atoms with Crippen molar-refractivity contribution in [1.82, 2.24) is 0 Å². The van der Waals surface area contributed by atoms with Gasteiger partial charge in [0, 0.05) is 12.8 Å². The maximum Gasteiger partial charge on any atom is 0.311 e. The molecular weight excluding hydrogens is 316 g/mol. The van der Waals surface area contributed by atoms with Gasteiger partial charge in [-0.25, -0.2) is 0 Å². The third-order valence-corrected chi connectivity index (χ3v) is 3.92. The third-order valence-electron chi connectivity index (χ3n) is 3.92. The van der Waals surface area contributed by atoms with Gasteiger partial charge in [0.15, 0.2) is 0 Å². The summed E-state index contributed by atoms with van der Waals surface area (Å²) in [5, 5.41) is 0. The van der Waals surface area contributed by atoms with Crippen LogP contribution < -0.4 is 9.47 Å². The van der Waals surface area contributed by atoms with E-state index in [1.807, 2.05) is 50.2 Å². The number of aryl methyl sites for hydroxylation is 2. The van der Waals surface area contributed by atoms with E-state index in [2.05, 4.69) is 0 Å². The summed E-state index contributed by atoms with van der Waals surface area (Å²) >= 11 is 0. The zero-order valence-electron chi connectivity index (χ0n) is 14.8. The summed E-state index contributed by atoms with van der Waals surface area (Å²) in [4.78, 5) is 23.9. The number of hydrogen-bond acceptors (Lipinski definition) is 4. The molecule has 0 fully saturated rings. The van der Waals surface area contributed by atoms with Crippen LogP contribution in [0.3, 0.4) is 0 Å². The Bertz CT molecular complexity index is 660. The summed E-state index contributed by atoms with van der Waals surface area (Å²) in [5.74, 6) is 0.522. The zero-order chi connectivity index (χ0) is 18.1. The van der Waals surface area contributed by atoms with Gasteiger partial charge >= 0.3 is 11.9 Å². The fraction of sp³-hybridized carbons (Fsp3) is 0.333. The smallest absolute Gasteiger partial charge is 0.311 e. The lowest BCUT2D eigenvalue weighted by Gasteiger charge is -2.09. The van der Waals surface area contributed by atoms with Gasteiger partial charge in [0.25, 0.3) is 0 Å². The highest BCUT2D eigenvalue weighted by molar-refractivity contribution is 5.75. The standard InChI is InChI=1S/C21H24O4/c1-3-16-10-5-7-12-18(16)24-20(22)14-9-15-21(23)25-19-13-8-6-11-17(19)4-2/h5-8,10-13H,3-4,9,14-15H2,1-2H3. The first-order valence-corrected chi connectivity index (χ1v) is 8.71. The van der Waals surface area contributed by atoms with Gasteiger partial charge in [-0.2, -0.15) is 0 Å². The van der Waals surface area contributed by atoms with Crippen molar-refractivity contribution in [3.05, 3.63) is 59.7 Å². The minimum Gasteiger partial charge on any atom is -0.426 e.